The molecule has 1 fully saturated rings. The number of nitrogens with two attached hydrogens (primary N) is 1. The van der Waals surface area contributed by atoms with E-state index in [9.17, 15) is 14.4 Å². The van der Waals surface area contributed by atoms with Crippen LogP contribution in [0.25, 0.3) is 10.8 Å². The van der Waals surface area contributed by atoms with Gasteiger partial charge in [-0.05, 0) is 60.7 Å². The first-order valence-corrected chi connectivity index (χ1v) is 12.0. The van der Waals surface area contributed by atoms with Crippen LogP contribution in [0.3, 0.4) is 0 Å². The molecule has 4 N–H and O–H groups in total. The van der Waals surface area contributed by atoms with Crippen LogP contribution in [-0.4, -0.2) is 36.5 Å². The van der Waals surface area contributed by atoms with Crippen molar-refractivity contribution >= 4 is 40.2 Å². The van der Waals surface area contributed by atoms with Gasteiger partial charge < -0.3 is 21.1 Å². The minimum Gasteiger partial charge on any atom is -0.461 e. The van der Waals surface area contributed by atoms with Gasteiger partial charge in [-0.15, -0.1) is 0 Å². The first kappa shape index (κ1) is 24.7. The predicted octanol–water partition coefficient (Wildman–Crippen LogP) is 4.14. The fraction of sp³-hybridized carbons (Fsp3) is 0.296. The number of fused-ring (bicyclic) bond motifs is 1. The number of amides is 2. The minimum absolute atomic E-state index is 0.0936. The molecule has 4 rings (SSSR count). The van der Waals surface area contributed by atoms with Crippen LogP contribution >= 0.6 is 11.6 Å². The largest absolute Gasteiger partial charge is 0.461 e. The molecule has 1 saturated carbocycles. The third-order valence-corrected chi connectivity index (χ3v) is 6.59. The molecule has 0 radical (unpaired) electrons. The van der Waals surface area contributed by atoms with E-state index in [0.717, 1.165) is 35.6 Å². The number of halogens is 1. The number of rotatable bonds is 8. The summed E-state index contributed by atoms with van der Waals surface area (Å²) in [5.74, 6) is -1.43. The Hall–Kier alpha value is -3.42. The van der Waals surface area contributed by atoms with Crippen LogP contribution in [0.15, 0.2) is 60.7 Å². The Kier molecular flexibility index (Phi) is 7.68. The van der Waals surface area contributed by atoms with Crippen molar-refractivity contribution in [3.05, 3.63) is 82.4 Å². The van der Waals surface area contributed by atoms with Crippen molar-refractivity contribution in [1.29, 1.82) is 0 Å². The van der Waals surface area contributed by atoms with Gasteiger partial charge in [0.05, 0.1) is 16.6 Å². The number of esters is 1. The van der Waals surface area contributed by atoms with E-state index in [1.54, 1.807) is 0 Å². The normalized spacial score (nSPS) is 15.1. The second-order valence-electron chi connectivity index (χ2n) is 8.71. The van der Waals surface area contributed by atoms with Crippen molar-refractivity contribution < 1.29 is 19.1 Å². The summed E-state index contributed by atoms with van der Waals surface area (Å²) in [5, 5.41) is 7.82. The van der Waals surface area contributed by atoms with Gasteiger partial charge in [-0.2, -0.15) is 0 Å². The predicted molar refractivity (Wildman–Crippen MR) is 135 cm³/mol. The number of nitrogens with one attached hydrogen (secondary N) is 2. The van der Waals surface area contributed by atoms with Gasteiger partial charge in [-0.1, -0.05) is 54.1 Å². The van der Waals surface area contributed by atoms with Gasteiger partial charge >= 0.3 is 5.97 Å². The van der Waals surface area contributed by atoms with E-state index in [4.69, 9.17) is 22.1 Å². The van der Waals surface area contributed by atoms with Gasteiger partial charge in [0.1, 0.15) is 12.1 Å². The molecule has 0 heterocycles. The first-order chi connectivity index (χ1) is 16.9. The van der Waals surface area contributed by atoms with E-state index >= 15 is 0 Å². The molecular weight excluding hydrogens is 466 g/mol. The lowest BCUT2D eigenvalue weighted by atomic mass is 9.96. The molecule has 3 aromatic carbocycles. The van der Waals surface area contributed by atoms with Crippen LogP contribution in [-0.2, 0) is 9.53 Å². The molecule has 1 aliphatic carbocycles. The molecule has 0 spiro atoms. The Labute approximate surface area is 209 Å². The topological polar surface area (TPSA) is 111 Å². The van der Waals surface area contributed by atoms with Crippen molar-refractivity contribution in [2.45, 2.75) is 44.4 Å². The van der Waals surface area contributed by atoms with Gasteiger partial charge in [0.25, 0.3) is 11.8 Å². The molecule has 1 aliphatic rings. The summed E-state index contributed by atoms with van der Waals surface area (Å²) in [6.45, 7) is 1.82. The molecule has 2 atom stereocenters. The number of carbonyl (C=O) groups is 3. The molecule has 3 aromatic rings. The summed E-state index contributed by atoms with van der Waals surface area (Å²) >= 11 is 6.33. The second kappa shape index (κ2) is 10.9. The third kappa shape index (κ3) is 5.63. The maximum Gasteiger partial charge on any atom is 0.330 e. The quantitative estimate of drug-likeness (QED) is 0.408. The average molecular weight is 494 g/mol. The van der Waals surface area contributed by atoms with Crippen molar-refractivity contribution in [1.82, 2.24) is 10.6 Å². The van der Waals surface area contributed by atoms with Crippen LogP contribution in [0.1, 0.15) is 58.5 Å². The lowest BCUT2D eigenvalue weighted by Gasteiger charge is -2.27. The van der Waals surface area contributed by atoms with Gasteiger partial charge in [-0.3, -0.25) is 9.59 Å². The molecule has 0 unspecified atom stereocenters. The highest BCUT2D eigenvalue weighted by Crippen LogP contribution is 2.25. The van der Waals surface area contributed by atoms with Crippen LogP contribution in [0.4, 0.5) is 0 Å². The summed E-state index contributed by atoms with van der Waals surface area (Å²) in [4.78, 5) is 37.9. The smallest absolute Gasteiger partial charge is 0.330 e. The zero-order valence-corrected chi connectivity index (χ0v) is 20.2. The third-order valence-electron chi connectivity index (χ3n) is 6.27. The molecule has 7 nitrogen and oxygen atoms in total. The van der Waals surface area contributed by atoms with E-state index in [-0.39, 0.29) is 35.2 Å². The number of carbonyl (C=O) groups excluding carboxylic acids is 3. The zero-order chi connectivity index (χ0) is 24.9. The van der Waals surface area contributed by atoms with Gasteiger partial charge in [0.2, 0.25) is 0 Å². The van der Waals surface area contributed by atoms with Crippen molar-refractivity contribution in [3.63, 3.8) is 0 Å². The molecule has 35 heavy (non-hydrogen) atoms. The van der Waals surface area contributed by atoms with Crippen molar-refractivity contribution in [2.75, 3.05) is 6.54 Å². The lowest BCUT2D eigenvalue weighted by Crippen LogP contribution is -2.48. The molecule has 2 amide bonds. The highest BCUT2D eigenvalue weighted by atomic mass is 35.5. The molecule has 8 heteroatoms. The van der Waals surface area contributed by atoms with E-state index in [1.165, 1.54) is 18.2 Å². The highest BCUT2D eigenvalue weighted by molar-refractivity contribution is 6.34. The SMILES string of the molecule is C[C@@H](NC(=O)c1ccc(C(=O)N[C@@H](CN)C(=O)OC2CCC2)c(Cl)c1)c1cccc2ccccc12. The van der Waals surface area contributed by atoms with Crippen molar-refractivity contribution in [3.8, 4) is 0 Å². The summed E-state index contributed by atoms with van der Waals surface area (Å²) in [6, 6.07) is 17.2. The number of ether oxygens (including phenoxy) is 1. The highest BCUT2D eigenvalue weighted by Gasteiger charge is 2.28. The number of hydrogen-bond donors (Lipinski definition) is 3. The van der Waals surface area contributed by atoms with Crippen LogP contribution in [0.5, 0.6) is 0 Å². The second-order valence-corrected chi connectivity index (χ2v) is 9.12. The molecular formula is C27H28ClN3O4. The Morgan fingerprint density at radius 2 is 1.77 bits per heavy atom. The monoisotopic (exact) mass is 493 g/mol. The fourth-order valence-corrected chi connectivity index (χ4v) is 4.28. The molecule has 0 aromatic heterocycles. The van der Waals surface area contributed by atoms with Crippen LogP contribution < -0.4 is 16.4 Å². The molecule has 0 saturated heterocycles. The van der Waals surface area contributed by atoms with Gasteiger partial charge in [0, 0.05) is 12.1 Å². The van der Waals surface area contributed by atoms with Gasteiger partial charge in [-0.25, -0.2) is 4.79 Å². The molecule has 0 aliphatic heterocycles. The van der Waals surface area contributed by atoms with Gasteiger partial charge in [0.15, 0.2) is 0 Å². The van der Waals surface area contributed by atoms with E-state index in [0.29, 0.717) is 5.56 Å². The Balaban J connectivity index is 1.42. The summed E-state index contributed by atoms with van der Waals surface area (Å²) in [7, 11) is 0. The summed E-state index contributed by atoms with van der Waals surface area (Å²) in [6.07, 6.45) is 2.57. The minimum atomic E-state index is -0.969. The first-order valence-electron chi connectivity index (χ1n) is 11.7. The van der Waals surface area contributed by atoms with Crippen LogP contribution in [0.2, 0.25) is 5.02 Å². The number of benzene rings is 3. The Morgan fingerprint density at radius 1 is 1.03 bits per heavy atom. The fourth-order valence-electron chi connectivity index (χ4n) is 4.01. The Morgan fingerprint density at radius 3 is 2.46 bits per heavy atom. The maximum absolute atomic E-state index is 12.9. The van der Waals surface area contributed by atoms with E-state index in [2.05, 4.69) is 10.6 Å². The van der Waals surface area contributed by atoms with Crippen molar-refractivity contribution in [2.24, 2.45) is 5.73 Å². The maximum atomic E-state index is 12.9. The number of hydrogen-bond acceptors (Lipinski definition) is 5. The standard InChI is InChI=1S/C27H28ClN3O4/c1-16(20-11-4-7-17-6-2-3-10-21(17)20)30-25(32)18-12-13-22(23(28)14-18)26(33)31-24(15-29)27(34)35-19-8-5-9-19/h2-4,6-7,10-14,16,19,24H,5,8-9,15,29H2,1H3,(H,30,32)(H,31,33)/t16-,24+/m1/s1. The molecule has 182 valence electrons. The molecule has 0 bridgehead atoms. The van der Waals surface area contributed by atoms with Crippen LogP contribution in [0, 0.1) is 0 Å². The average Bonchev–Trinajstić information content (AvgIpc) is 2.83. The zero-order valence-electron chi connectivity index (χ0n) is 19.4. The Bertz CT molecular complexity index is 1250. The summed E-state index contributed by atoms with van der Waals surface area (Å²) in [5.41, 5.74) is 7.12. The van der Waals surface area contributed by atoms with E-state index in [1.807, 2.05) is 49.4 Å². The lowest BCUT2D eigenvalue weighted by molar-refractivity contribution is -0.155. The summed E-state index contributed by atoms with van der Waals surface area (Å²) < 4.78 is 5.34. The van der Waals surface area contributed by atoms with E-state index < -0.39 is 17.9 Å².